The summed E-state index contributed by atoms with van der Waals surface area (Å²) in [5.74, 6) is 1.28. The van der Waals surface area contributed by atoms with Crippen LogP contribution in [0.25, 0.3) is 6.08 Å². The summed E-state index contributed by atoms with van der Waals surface area (Å²) in [5.41, 5.74) is 0.602. The first kappa shape index (κ1) is 19.1. The normalized spacial score (nSPS) is 16.6. The molecule has 0 bridgehead atoms. The van der Waals surface area contributed by atoms with Crippen molar-refractivity contribution >= 4 is 29.0 Å². The molecule has 0 atom stereocenters. The number of nitrogens with zero attached hydrogens (tertiary/aromatic N) is 1. The molecule has 150 valence electrons. The average molecular weight is 417 g/mol. The second-order valence-corrected chi connectivity index (χ2v) is 7.08. The number of hydrogen-bond acceptors (Lipinski definition) is 7. The lowest BCUT2D eigenvalue weighted by Crippen LogP contribution is -2.32. The summed E-state index contributed by atoms with van der Waals surface area (Å²) in [6, 6.07) is 8.89. The van der Waals surface area contributed by atoms with Crippen molar-refractivity contribution in [1.29, 1.82) is 0 Å². The summed E-state index contributed by atoms with van der Waals surface area (Å²) in [4.78, 5) is 26.3. The first-order valence-corrected chi connectivity index (χ1v) is 9.48. The maximum atomic E-state index is 12.9. The average Bonchev–Trinajstić information content (AvgIpc) is 3.27. The molecule has 0 N–H and O–H groups in total. The van der Waals surface area contributed by atoms with Crippen molar-refractivity contribution in [2.24, 2.45) is 0 Å². The second-order valence-electron chi connectivity index (χ2n) is 6.08. The van der Waals surface area contributed by atoms with Crippen molar-refractivity contribution in [3.8, 4) is 23.0 Å². The molecule has 0 unspecified atom stereocenters. The molecule has 2 aliphatic heterocycles. The van der Waals surface area contributed by atoms with Crippen LogP contribution in [0.15, 0.2) is 41.3 Å². The van der Waals surface area contributed by atoms with Crippen LogP contribution in [0.4, 0.5) is 9.18 Å². The fourth-order valence-corrected chi connectivity index (χ4v) is 3.70. The van der Waals surface area contributed by atoms with Gasteiger partial charge in [0.1, 0.15) is 23.9 Å². The minimum Gasteiger partial charge on any atom is -0.496 e. The number of carbonyl (C=O) groups excluding carboxylic acids is 2. The number of amides is 2. The van der Waals surface area contributed by atoms with E-state index in [0.29, 0.717) is 28.6 Å². The minimum absolute atomic E-state index is 0.0810. The molecule has 1 fully saturated rings. The van der Waals surface area contributed by atoms with Gasteiger partial charge < -0.3 is 18.9 Å². The van der Waals surface area contributed by atoms with Gasteiger partial charge in [-0.15, -0.1) is 0 Å². The highest BCUT2D eigenvalue weighted by Crippen LogP contribution is 2.40. The van der Waals surface area contributed by atoms with Gasteiger partial charge in [-0.1, -0.05) is 0 Å². The van der Waals surface area contributed by atoms with Gasteiger partial charge in [-0.2, -0.15) is 0 Å². The lowest BCUT2D eigenvalue weighted by molar-refractivity contribution is -0.123. The zero-order chi connectivity index (χ0) is 20.4. The molecule has 9 heteroatoms. The second kappa shape index (κ2) is 8.04. The predicted octanol–water partition coefficient (Wildman–Crippen LogP) is 3.68. The van der Waals surface area contributed by atoms with E-state index in [1.54, 1.807) is 18.2 Å². The molecule has 2 heterocycles. The number of hydrogen-bond donors (Lipinski definition) is 0. The predicted molar refractivity (Wildman–Crippen MR) is 104 cm³/mol. The zero-order valence-corrected chi connectivity index (χ0v) is 16.2. The SMILES string of the molecule is COc1cc2c(cc1C=C1SC(=O)N(CCOc3ccc(F)cc3)C1=O)OCO2. The van der Waals surface area contributed by atoms with Gasteiger partial charge in [0.2, 0.25) is 6.79 Å². The van der Waals surface area contributed by atoms with Crippen molar-refractivity contribution in [2.45, 2.75) is 0 Å². The third-order valence-electron chi connectivity index (χ3n) is 4.28. The fourth-order valence-electron chi connectivity index (χ4n) is 2.85. The maximum Gasteiger partial charge on any atom is 0.293 e. The maximum absolute atomic E-state index is 12.9. The Balaban J connectivity index is 1.46. The van der Waals surface area contributed by atoms with Gasteiger partial charge in [-0.25, -0.2) is 4.39 Å². The highest BCUT2D eigenvalue weighted by atomic mass is 32.2. The summed E-state index contributed by atoms with van der Waals surface area (Å²) in [7, 11) is 1.51. The van der Waals surface area contributed by atoms with Gasteiger partial charge in [-0.3, -0.25) is 14.5 Å². The Morgan fingerprint density at radius 2 is 1.90 bits per heavy atom. The summed E-state index contributed by atoms with van der Waals surface area (Å²) in [5, 5.41) is -0.385. The Morgan fingerprint density at radius 1 is 1.17 bits per heavy atom. The van der Waals surface area contributed by atoms with E-state index in [1.807, 2.05) is 0 Å². The third kappa shape index (κ3) is 4.00. The lowest BCUT2D eigenvalue weighted by Gasteiger charge is -2.13. The Bertz CT molecular complexity index is 991. The number of rotatable bonds is 6. The largest absolute Gasteiger partial charge is 0.496 e. The molecule has 1 saturated heterocycles. The summed E-state index contributed by atoms with van der Waals surface area (Å²) < 4.78 is 34.4. The van der Waals surface area contributed by atoms with E-state index >= 15 is 0 Å². The van der Waals surface area contributed by atoms with E-state index in [0.717, 1.165) is 16.7 Å². The lowest BCUT2D eigenvalue weighted by atomic mass is 10.1. The Labute approximate surface area is 170 Å². The van der Waals surface area contributed by atoms with Crippen LogP contribution < -0.4 is 18.9 Å². The van der Waals surface area contributed by atoms with Crippen LogP contribution in [0.5, 0.6) is 23.0 Å². The van der Waals surface area contributed by atoms with Crippen LogP contribution in [-0.2, 0) is 4.79 Å². The number of ether oxygens (including phenoxy) is 4. The molecule has 0 aromatic heterocycles. The summed E-state index contributed by atoms with van der Waals surface area (Å²) >= 11 is 0.843. The van der Waals surface area contributed by atoms with Crippen LogP contribution >= 0.6 is 11.8 Å². The molecule has 0 radical (unpaired) electrons. The van der Waals surface area contributed by atoms with Gasteiger partial charge >= 0.3 is 0 Å². The highest BCUT2D eigenvalue weighted by Gasteiger charge is 2.35. The molecule has 0 saturated carbocycles. The molecule has 2 aromatic rings. The van der Waals surface area contributed by atoms with E-state index in [2.05, 4.69) is 0 Å². The van der Waals surface area contributed by atoms with Crippen LogP contribution in [0, 0.1) is 5.82 Å². The molecule has 7 nitrogen and oxygen atoms in total. The number of fused-ring (bicyclic) bond motifs is 1. The van der Waals surface area contributed by atoms with E-state index < -0.39 is 5.91 Å². The standard InChI is InChI=1S/C20H16FNO6S/c1-25-15-10-17-16(27-11-28-17)8-12(15)9-18-19(23)22(20(24)29-18)6-7-26-14-4-2-13(21)3-5-14/h2-5,8-10H,6-7,11H2,1H3. The fraction of sp³-hybridized carbons (Fsp3) is 0.200. The Kier molecular flexibility index (Phi) is 5.30. The number of imide groups is 1. The molecule has 2 aromatic carbocycles. The molecule has 2 aliphatic rings. The monoisotopic (exact) mass is 417 g/mol. The van der Waals surface area contributed by atoms with Crippen molar-refractivity contribution in [1.82, 2.24) is 4.90 Å². The number of benzene rings is 2. The molecular formula is C20H16FNO6S. The van der Waals surface area contributed by atoms with Gasteiger partial charge in [0.15, 0.2) is 11.5 Å². The van der Waals surface area contributed by atoms with Crippen molar-refractivity contribution < 1.29 is 32.9 Å². The van der Waals surface area contributed by atoms with Gasteiger partial charge in [-0.05, 0) is 48.2 Å². The van der Waals surface area contributed by atoms with Crippen molar-refractivity contribution in [3.05, 3.63) is 52.7 Å². The summed E-state index contributed by atoms with van der Waals surface area (Å²) in [6.07, 6.45) is 1.59. The molecule has 2 amide bonds. The van der Waals surface area contributed by atoms with Crippen molar-refractivity contribution in [3.63, 3.8) is 0 Å². The topological polar surface area (TPSA) is 74.3 Å². The molecular weight excluding hydrogens is 401 g/mol. The molecule has 29 heavy (non-hydrogen) atoms. The van der Waals surface area contributed by atoms with E-state index in [1.165, 1.54) is 31.4 Å². The van der Waals surface area contributed by atoms with Gasteiger partial charge in [0.25, 0.3) is 11.1 Å². The Hall–Kier alpha value is -3.20. The van der Waals surface area contributed by atoms with E-state index in [9.17, 15) is 14.0 Å². The van der Waals surface area contributed by atoms with E-state index in [-0.39, 0.29) is 35.9 Å². The first-order valence-electron chi connectivity index (χ1n) is 8.66. The summed E-state index contributed by atoms with van der Waals surface area (Å²) in [6.45, 7) is 0.300. The van der Waals surface area contributed by atoms with Gasteiger partial charge in [0.05, 0.1) is 18.6 Å². The molecule has 4 rings (SSSR count). The van der Waals surface area contributed by atoms with Crippen LogP contribution in [0.1, 0.15) is 5.56 Å². The van der Waals surface area contributed by atoms with Crippen LogP contribution in [-0.4, -0.2) is 43.1 Å². The number of methoxy groups -OCH3 is 1. The van der Waals surface area contributed by atoms with Crippen molar-refractivity contribution in [2.75, 3.05) is 27.1 Å². The number of carbonyl (C=O) groups is 2. The Morgan fingerprint density at radius 3 is 2.62 bits per heavy atom. The highest BCUT2D eigenvalue weighted by molar-refractivity contribution is 8.18. The third-order valence-corrected chi connectivity index (χ3v) is 5.19. The van der Waals surface area contributed by atoms with Crippen LogP contribution in [0.3, 0.4) is 0 Å². The van der Waals surface area contributed by atoms with Crippen LogP contribution in [0.2, 0.25) is 0 Å². The first-order chi connectivity index (χ1) is 14.0. The molecule has 0 spiro atoms. The number of halogens is 1. The molecule has 0 aliphatic carbocycles. The van der Waals surface area contributed by atoms with E-state index in [4.69, 9.17) is 18.9 Å². The van der Waals surface area contributed by atoms with Gasteiger partial charge in [0, 0.05) is 11.6 Å². The number of thioether (sulfide) groups is 1. The zero-order valence-electron chi connectivity index (χ0n) is 15.3. The smallest absolute Gasteiger partial charge is 0.293 e. The minimum atomic E-state index is -0.414. The quantitative estimate of drug-likeness (QED) is 0.664.